The molecule has 0 saturated carbocycles. The van der Waals surface area contributed by atoms with Gasteiger partial charge in [-0.05, 0) is 6.42 Å². The van der Waals surface area contributed by atoms with Crippen LogP contribution in [-0.2, 0) is 9.53 Å². The van der Waals surface area contributed by atoms with Crippen molar-refractivity contribution < 1.29 is 44.6 Å². The molecule has 46 valence electrons. The van der Waals surface area contributed by atoms with E-state index in [0.29, 0.717) is 18.6 Å². The summed E-state index contributed by atoms with van der Waals surface area (Å²) < 4.78 is 4.46. The fourth-order valence-electron chi connectivity index (χ4n) is 0.448. The number of hydrogen-bond acceptors (Lipinski definition) is 3. The maximum Gasteiger partial charge on any atom is 1.00 e. The van der Waals surface area contributed by atoms with E-state index in [1.54, 1.807) is 0 Å². The van der Waals surface area contributed by atoms with Gasteiger partial charge in [-0.2, -0.15) is 0 Å². The van der Waals surface area contributed by atoms with Gasteiger partial charge in [0.1, 0.15) is 0 Å². The molecule has 1 heterocycles. The zero-order valence-electron chi connectivity index (χ0n) is 5.26. The number of carbonyl (C=O) groups excluding carboxylic acids is 1. The fraction of sp³-hybridized carbons (Fsp3) is 0.400. The second kappa shape index (κ2) is 4.99. The van der Waals surface area contributed by atoms with Crippen molar-refractivity contribution in [2.24, 2.45) is 0 Å². The molecule has 4 heteroatoms. The molecule has 0 aromatic carbocycles. The Balaban J connectivity index is 0. The molecule has 0 aromatic rings. The maximum absolute atomic E-state index is 10.2. The molecule has 9 heavy (non-hydrogen) atoms. The summed E-state index contributed by atoms with van der Waals surface area (Å²) >= 11 is 0. The van der Waals surface area contributed by atoms with Crippen LogP contribution >= 0.6 is 0 Å². The third kappa shape index (κ3) is 3.01. The zero-order valence-corrected chi connectivity index (χ0v) is 7.26. The van der Waals surface area contributed by atoms with Crippen molar-refractivity contribution in [1.29, 1.82) is 0 Å². The standard InChI is InChI=1S/C5H5O2.Na.H2O/c1-4-2-3-7-5(4)6;;/h1H,2-3H2;;1H2/q-1;+1;/p-1. The normalized spacial score (nSPS) is 15.6. The van der Waals surface area contributed by atoms with Gasteiger partial charge in [-0.15, -0.1) is 5.57 Å². The van der Waals surface area contributed by atoms with Gasteiger partial charge >= 0.3 is 29.6 Å². The molecule has 0 radical (unpaired) electrons. The summed E-state index contributed by atoms with van der Waals surface area (Å²) in [7, 11) is 0. The molecule has 0 spiro atoms. The van der Waals surface area contributed by atoms with Crippen LogP contribution in [0.25, 0.3) is 0 Å². The predicted molar refractivity (Wildman–Crippen MR) is 25.3 cm³/mol. The minimum atomic E-state index is -0.347. The van der Waals surface area contributed by atoms with Crippen LogP contribution in [0.1, 0.15) is 6.42 Å². The van der Waals surface area contributed by atoms with E-state index in [1.807, 2.05) is 0 Å². The summed E-state index contributed by atoms with van der Waals surface area (Å²) in [4.78, 5) is 10.2. The molecule has 0 aliphatic carbocycles. The van der Waals surface area contributed by atoms with Crippen molar-refractivity contribution in [1.82, 2.24) is 0 Å². The van der Waals surface area contributed by atoms with Crippen LogP contribution in [0.5, 0.6) is 0 Å². The third-order valence-electron chi connectivity index (χ3n) is 0.867. The first-order chi connectivity index (χ1) is 3.30. The van der Waals surface area contributed by atoms with Crippen molar-refractivity contribution in [3.63, 3.8) is 0 Å². The average Bonchev–Trinajstić information content (AvgIpc) is 1.91. The SMILES string of the molecule is [CH-]=C1CCOC1=O.[Na+].[OH-]. The van der Waals surface area contributed by atoms with Gasteiger partial charge in [0, 0.05) is 0 Å². The van der Waals surface area contributed by atoms with Gasteiger partial charge in [-0.1, -0.05) is 0 Å². The number of ether oxygens (including phenoxy) is 1. The van der Waals surface area contributed by atoms with Crippen molar-refractivity contribution >= 4 is 5.97 Å². The molecular formula is C5H6NaO3-. The van der Waals surface area contributed by atoms with Crippen LogP contribution in [0.3, 0.4) is 0 Å². The van der Waals surface area contributed by atoms with Crippen LogP contribution in [0.15, 0.2) is 5.57 Å². The quantitative estimate of drug-likeness (QED) is 0.156. The molecule has 1 saturated heterocycles. The molecule has 1 rings (SSSR count). The monoisotopic (exact) mass is 137 g/mol. The van der Waals surface area contributed by atoms with Crippen LogP contribution in [0.2, 0.25) is 0 Å². The first-order valence-electron chi connectivity index (χ1n) is 2.09. The van der Waals surface area contributed by atoms with E-state index in [1.165, 1.54) is 0 Å². The zero-order chi connectivity index (χ0) is 5.28. The molecule has 0 bridgehead atoms. The van der Waals surface area contributed by atoms with E-state index in [2.05, 4.69) is 4.74 Å². The van der Waals surface area contributed by atoms with Crippen LogP contribution < -0.4 is 29.6 Å². The minimum Gasteiger partial charge on any atom is -0.870 e. The van der Waals surface area contributed by atoms with Crippen molar-refractivity contribution in [2.45, 2.75) is 6.42 Å². The predicted octanol–water partition coefficient (Wildman–Crippen LogP) is -2.88. The van der Waals surface area contributed by atoms with Gasteiger partial charge < -0.3 is 15.0 Å². The number of rotatable bonds is 0. The van der Waals surface area contributed by atoms with Gasteiger partial charge in [0.05, 0.1) is 6.61 Å². The number of hydrogen-bond donors (Lipinski definition) is 0. The molecular weight excluding hydrogens is 131 g/mol. The van der Waals surface area contributed by atoms with E-state index in [4.69, 9.17) is 6.58 Å². The molecule has 0 amide bonds. The maximum atomic E-state index is 10.2. The van der Waals surface area contributed by atoms with E-state index in [9.17, 15) is 4.79 Å². The summed E-state index contributed by atoms with van der Waals surface area (Å²) in [6, 6.07) is 0. The number of carbonyl (C=O) groups is 1. The summed E-state index contributed by atoms with van der Waals surface area (Å²) in [5, 5.41) is 0. The first-order valence-corrected chi connectivity index (χ1v) is 2.09. The smallest absolute Gasteiger partial charge is 0.870 e. The minimum absolute atomic E-state index is 0. The number of cyclic esters (lactones) is 1. The Kier molecular flexibility index (Phi) is 6.61. The van der Waals surface area contributed by atoms with Crippen LogP contribution in [-0.4, -0.2) is 18.1 Å². The molecule has 0 unspecified atom stereocenters. The second-order valence-electron chi connectivity index (χ2n) is 1.41. The van der Waals surface area contributed by atoms with E-state index < -0.39 is 0 Å². The summed E-state index contributed by atoms with van der Waals surface area (Å²) in [5.74, 6) is -0.347. The Morgan fingerprint density at radius 1 is 1.56 bits per heavy atom. The third-order valence-corrected chi connectivity index (χ3v) is 0.867. The fourth-order valence-corrected chi connectivity index (χ4v) is 0.448. The molecule has 1 aliphatic heterocycles. The molecule has 0 aromatic heterocycles. The van der Waals surface area contributed by atoms with Crippen LogP contribution in [0, 0.1) is 6.58 Å². The Morgan fingerprint density at radius 3 is 2.22 bits per heavy atom. The number of esters is 1. The van der Waals surface area contributed by atoms with Gasteiger partial charge in [-0.3, -0.25) is 6.58 Å². The molecule has 1 aliphatic rings. The van der Waals surface area contributed by atoms with Crippen molar-refractivity contribution in [3.05, 3.63) is 12.2 Å². The van der Waals surface area contributed by atoms with E-state index >= 15 is 0 Å². The Labute approximate surface area is 75.7 Å². The summed E-state index contributed by atoms with van der Waals surface area (Å²) in [5.41, 5.74) is 0.347. The first kappa shape index (κ1) is 11.9. The van der Waals surface area contributed by atoms with Crippen molar-refractivity contribution in [2.75, 3.05) is 6.61 Å². The molecule has 3 nitrogen and oxygen atoms in total. The summed E-state index contributed by atoms with van der Waals surface area (Å²) in [6.07, 6.45) is 0.596. The Hall–Kier alpha value is 0.170. The van der Waals surface area contributed by atoms with Gasteiger partial charge in [0.15, 0.2) is 5.97 Å². The summed E-state index contributed by atoms with van der Waals surface area (Å²) in [6.45, 7) is 5.58. The van der Waals surface area contributed by atoms with E-state index in [0.717, 1.165) is 0 Å². The second-order valence-corrected chi connectivity index (χ2v) is 1.41. The topological polar surface area (TPSA) is 56.3 Å². The van der Waals surface area contributed by atoms with Crippen LogP contribution in [0.4, 0.5) is 0 Å². The molecule has 0 atom stereocenters. The van der Waals surface area contributed by atoms with Gasteiger partial charge in [0.2, 0.25) is 0 Å². The van der Waals surface area contributed by atoms with Gasteiger partial charge in [-0.25, -0.2) is 0 Å². The Bertz CT molecular complexity index is 107. The molecule has 1 fully saturated rings. The average molecular weight is 137 g/mol. The Morgan fingerprint density at radius 2 is 2.11 bits per heavy atom. The van der Waals surface area contributed by atoms with Crippen molar-refractivity contribution in [3.8, 4) is 0 Å². The molecule has 1 N–H and O–H groups in total. The van der Waals surface area contributed by atoms with Gasteiger partial charge in [0.25, 0.3) is 0 Å². The largest absolute Gasteiger partial charge is 1.00 e. The van der Waals surface area contributed by atoms with E-state index in [-0.39, 0.29) is 41.0 Å².